The topological polar surface area (TPSA) is 35.6 Å². The molecular weight excluding hydrogens is 313 g/mol. The van der Waals surface area contributed by atoms with E-state index in [0.717, 1.165) is 21.6 Å². The van der Waals surface area contributed by atoms with Crippen LogP contribution in [0.3, 0.4) is 0 Å². The number of rotatable bonds is 2. The highest BCUT2D eigenvalue weighted by Crippen LogP contribution is 2.32. The number of likely N-dealkylation sites (N-methyl/N-ethyl adjacent to an activating group) is 1. The molecule has 1 aromatic heterocycles. The summed E-state index contributed by atoms with van der Waals surface area (Å²) in [5, 5.41) is 4.69. The Morgan fingerprint density at radius 3 is 2.83 bits per heavy atom. The van der Waals surface area contributed by atoms with Gasteiger partial charge in [-0.3, -0.25) is 5.32 Å². The number of hydrogen-bond acceptors (Lipinski definition) is 3. The number of benzene rings is 1. The lowest BCUT2D eigenvalue weighted by molar-refractivity contribution is 0.0336. The number of nitrogens with one attached hydrogen (secondary N) is 1. The number of carbonyl (C=O) groups excluding carboxylic acids is 1. The molecule has 1 unspecified atom stereocenters. The van der Waals surface area contributed by atoms with Crippen LogP contribution in [0.15, 0.2) is 24.3 Å². The van der Waals surface area contributed by atoms with Crippen LogP contribution in [-0.2, 0) is 0 Å². The first kappa shape index (κ1) is 14.9. The number of nitrogens with zero attached hydrogens (tertiary/aromatic N) is 2. The third-order valence-electron chi connectivity index (χ3n) is 5.15. The molecule has 1 aromatic carbocycles. The second-order valence-corrected chi connectivity index (χ2v) is 7.62. The van der Waals surface area contributed by atoms with E-state index < -0.39 is 0 Å². The number of amides is 2. The fourth-order valence-corrected chi connectivity index (χ4v) is 4.76. The van der Waals surface area contributed by atoms with Crippen molar-refractivity contribution >= 4 is 32.5 Å². The fourth-order valence-electron chi connectivity index (χ4n) is 3.78. The van der Waals surface area contributed by atoms with Crippen LogP contribution in [0, 0.1) is 11.7 Å². The Balaban J connectivity index is 1.47. The third kappa shape index (κ3) is 2.81. The molecular formula is C17H20FN3OS. The van der Waals surface area contributed by atoms with Crippen molar-refractivity contribution in [2.45, 2.75) is 18.9 Å². The number of fused-ring (bicyclic) bond motifs is 4. The molecule has 2 bridgehead atoms. The van der Waals surface area contributed by atoms with E-state index in [0.29, 0.717) is 12.0 Å². The summed E-state index contributed by atoms with van der Waals surface area (Å²) in [6, 6.07) is 6.82. The van der Waals surface area contributed by atoms with Gasteiger partial charge in [0.25, 0.3) is 0 Å². The Kier molecular flexibility index (Phi) is 3.73. The fraction of sp³-hybridized carbons (Fsp3) is 0.471. The maximum Gasteiger partial charge on any atom is 0.322 e. The van der Waals surface area contributed by atoms with Gasteiger partial charge < -0.3 is 9.80 Å². The molecule has 122 valence electrons. The van der Waals surface area contributed by atoms with Crippen molar-refractivity contribution in [2.75, 3.05) is 32.0 Å². The van der Waals surface area contributed by atoms with E-state index in [9.17, 15) is 9.18 Å². The predicted molar refractivity (Wildman–Crippen MR) is 91.5 cm³/mol. The number of halogens is 1. The van der Waals surface area contributed by atoms with Gasteiger partial charge in [-0.15, -0.1) is 11.3 Å². The van der Waals surface area contributed by atoms with E-state index in [-0.39, 0.29) is 11.8 Å². The van der Waals surface area contributed by atoms with Crippen molar-refractivity contribution in [3.63, 3.8) is 0 Å². The van der Waals surface area contributed by atoms with E-state index in [1.807, 2.05) is 18.0 Å². The zero-order valence-electron chi connectivity index (χ0n) is 13.1. The molecule has 2 amide bonds. The minimum absolute atomic E-state index is 0.0734. The zero-order valence-corrected chi connectivity index (χ0v) is 13.9. The molecule has 3 aliphatic rings. The molecule has 1 N–H and O–H groups in total. The second kappa shape index (κ2) is 5.76. The van der Waals surface area contributed by atoms with Crippen molar-refractivity contribution in [1.29, 1.82) is 0 Å². The summed E-state index contributed by atoms with van der Waals surface area (Å²) in [6.07, 6.45) is 2.37. The third-order valence-corrected chi connectivity index (χ3v) is 6.17. The number of hydrogen-bond donors (Lipinski definition) is 1. The van der Waals surface area contributed by atoms with Gasteiger partial charge in [0.1, 0.15) is 5.82 Å². The molecule has 0 aliphatic carbocycles. The number of urea groups is 1. The summed E-state index contributed by atoms with van der Waals surface area (Å²) in [7, 11) is 1.88. The smallest absolute Gasteiger partial charge is 0.322 e. The van der Waals surface area contributed by atoms with Gasteiger partial charge in [-0.25, -0.2) is 9.18 Å². The molecule has 4 heterocycles. The van der Waals surface area contributed by atoms with Crippen molar-refractivity contribution < 1.29 is 9.18 Å². The number of carbonyl (C=O) groups is 1. The lowest BCUT2D eigenvalue weighted by atomic mass is 9.83. The Morgan fingerprint density at radius 2 is 2.13 bits per heavy atom. The SMILES string of the molecule is CN(C(=O)Nc1cc2ccc(F)cc2s1)C1CN2CCC1CC2. The number of thiophene rings is 1. The van der Waals surface area contributed by atoms with Gasteiger partial charge in [-0.05, 0) is 55.4 Å². The lowest BCUT2D eigenvalue weighted by Gasteiger charge is -2.47. The highest BCUT2D eigenvalue weighted by Gasteiger charge is 2.37. The Morgan fingerprint density at radius 1 is 1.35 bits per heavy atom. The van der Waals surface area contributed by atoms with Crippen LogP contribution in [0.4, 0.5) is 14.2 Å². The average molecular weight is 333 g/mol. The summed E-state index contributed by atoms with van der Waals surface area (Å²) in [4.78, 5) is 16.8. The van der Waals surface area contributed by atoms with E-state index in [2.05, 4.69) is 10.2 Å². The molecule has 3 saturated heterocycles. The summed E-state index contributed by atoms with van der Waals surface area (Å²) >= 11 is 1.41. The maximum absolute atomic E-state index is 13.3. The van der Waals surface area contributed by atoms with Crippen LogP contribution in [0.2, 0.25) is 0 Å². The standard InChI is InChI=1S/C17H20FN3OS/c1-20(14-10-21-6-4-11(14)5-7-21)17(22)19-16-8-12-2-3-13(18)9-15(12)23-16/h2-3,8-9,11,14H,4-7,10H2,1H3,(H,19,22). The minimum Gasteiger partial charge on any atom is -0.323 e. The Bertz CT molecular complexity index is 739. The summed E-state index contributed by atoms with van der Waals surface area (Å²) in [5.74, 6) is 0.369. The monoisotopic (exact) mass is 333 g/mol. The minimum atomic E-state index is -0.248. The normalized spacial score (nSPS) is 26.4. The molecule has 3 fully saturated rings. The van der Waals surface area contributed by atoms with Crippen molar-refractivity contribution in [3.8, 4) is 0 Å². The zero-order chi connectivity index (χ0) is 16.0. The molecule has 3 aliphatic heterocycles. The average Bonchev–Trinajstić information content (AvgIpc) is 2.96. The van der Waals surface area contributed by atoms with Gasteiger partial charge in [0.2, 0.25) is 0 Å². The molecule has 6 heteroatoms. The van der Waals surface area contributed by atoms with Crippen LogP contribution < -0.4 is 5.32 Å². The quantitative estimate of drug-likeness (QED) is 0.911. The second-order valence-electron chi connectivity index (χ2n) is 6.54. The van der Waals surface area contributed by atoms with Crippen molar-refractivity contribution in [2.24, 2.45) is 5.92 Å². The van der Waals surface area contributed by atoms with Gasteiger partial charge in [-0.1, -0.05) is 6.07 Å². The summed E-state index contributed by atoms with van der Waals surface area (Å²) in [5.41, 5.74) is 0. The molecule has 2 aromatic rings. The Labute approximate surface area is 138 Å². The van der Waals surface area contributed by atoms with E-state index in [4.69, 9.17) is 0 Å². The first-order chi connectivity index (χ1) is 11.1. The van der Waals surface area contributed by atoms with Gasteiger partial charge >= 0.3 is 6.03 Å². The van der Waals surface area contributed by atoms with Crippen LogP contribution in [0.1, 0.15) is 12.8 Å². The molecule has 0 spiro atoms. The van der Waals surface area contributed by atoms with Crippen molar-refractivity contribution in [3.05, 3.63) is 30.1 Å². The highest BCUT2D eigenvalue weighted by molar-refractivity contribution is 7.22. The van der Waals surface area contributed by atoms with Gasteiger partial charge in [0.05, 0.1) is 5.00 Å². The summed E-state index contributed by atoms with van der Waals surface area (Å²) < 4.78 is 14.1. The van der Waals surface area contributed by atoms with E-state index in [1.54, 1.807) is 6.07 Å². The molecule has 5 rings (SSSR count). The predicted octanol–water partition coefficient (Wildman–Crippen LogP) is 3.60. The van der Waals surface area contributed by atoms with Gasteiger partial charge in [-0.2, -0.15) is 0 Å². The van der Waals surface area contributed by atoms with Crippen LogP contribution in [-0.4, -0.2) is 48.6 Å². The molecule has 0 radical (unpaired) electrons. The molecule has 0 saturated carbocycles. The van der Waals surface area contributed by atoms with Gasteiger partial charge in [0, 0.05) is 24.3 Å². The molecule has 4 nitrogen and oxygen atoms in total. The number of anilines is 1. The largest absolute Gasteiger partial charge is 0.323 e. The highest BCUT2D eigenvalue weighted by atomic mass is 32.1. The van der Waals surface area contributed by atoms with Crippen LogP contribution in [0.25, 0.3) is 10.1 Å². The summed E-state index contributed by atoms with van der Waals surface area (Å²) in [6.45, 7) is 3.31. The lowest BCUT2D eigenvalue weighted by Crippen LogP contribution is -2.58. The van der Waals surface area contributed by atoms with E-state index in [1.165, 1.54) is 49.4 Å². The molecule has 23 heavy (non-hydrogen) atoms. The van der Waals surface area contributed by atoms with Crippen LogP contribution >= 0.6 is 11.3 Å². The van der Waals surface area contributed by atoms with Crippen LogP contribution in [0.5, 0.6) is 0 Å². The number of piperidine rings is 3. The van der Waals surface area contributed by atoms with Crippen molar-refractivity contribution in [1.82, 2.24) is 9.80 Å². The first-order valence-electron chi connectivity index (χ1n) is 8.05. The van der Waals surface area contributed by atoms with E-state index >= 15 is 0 Å². The Hall–Kier alpha value is -1.66. The maximum atomic E-state index is 13.3. The van der Waals surface area contributed by atoms with Gasteiger partial charge in [0.15, 0.2) is 0 Å². The first-order valence-corrected chi connectivity index (χ1v) is 8.87. The molecule has 1 atom stereocenters.